The summed E-state index contributed by atoms with van der Waals surface area (Å²) in [5.74, 6) is 0.600. The standard InChI is InChI=1S/C16H15FN2O/c17-11-7-5-10(6-8-11)15-12-3-1-2-4-14(12)20-16(19)13(15)9-18/h5-8,15H,1-4,19H2/t15-/m0/s1. The van der Waals surface area contributed by atoms with Gasteiger partial charge in [0.2, 0.25) is 5.88 Å². The van der Waals surface area contributed by atoms with Crippen molar-refractivity contribution in [2.75, 3.05) is 0 Å². The van der Waals surface area contributed by atoms with Crippen molar-refractivity contribution in [2.24, 2.45) is 5.73 Å². The van der Waals surface area contributed by atoms with Crippen molar-refractivity contribution in [2.45, 2.75) is 31.6 Å². The van der Waals surface area contributed by atoms with Crippen molar-refractivity contribution in [1.29, 1.82) is 5.26 Å². The smallest absolute Gasteiger partial charge is 0.205 e. The fraction of sp³-hybridized carbons (Fsp3) is 0.312. The number of benzene rings is 1. The van der Waals surface area contributed by atoms with Gasteiger partial charge in [-0.2, -0.15) is 5.26 Å². The second-order valence-corrected chi connectivity index (χ2v) is 5.13. The predicted octanol–water partition coefficient (Wildman–Crippen LogP) is 3.46. The Kier molecular flexibility index (Phi) is 3.19. The highest BCUT2D eigenvalue weighted by atomic mass is 19.1. The van der Waals surface area contributed by atoms with E-state index in [-0.39, 0.29) is 17.6 Å². The van der Waals surface area contributed by atoms with Crippen molar-refractivity contribution < 1.29 is 9.13 Å². The molecule has 0 saturated carbocycles. The molecule has 0 unspecified atom stereocenters. The van der Waals surface area contributed by atoms with Crippen LogP contribution in [0.25, 0.3) is 0 Å². The maximum Gasteiger partial charge on any atom is 0.205 e. The topological polar surface area (TPSA) is 59.0 Å². The molecule has 3 rings (SSSR count). The predicted molar refractivity (Wildman–Crippen MR) is 72.5 cm³/mol. The van der Waals surface area contributed by atoms with Crippen molar-refractivity contribution in [1.82, 2.24) is 0 Å². The molecule has 1 aliphatic heterocycles. The van der Waals surface area contributed by atoms with Gasteiger partial charge in [0.1, 0.15) is 23.2 Å². The molecule has 1 atom stereocenters. The summed E-state index contributed by atoms with van der Waals surface area (Å²) in [6, 6.07) is 8.42. The summed E-state index contributed by atoms with van der Waals surface area (Å²) in [5.41, 5.74) is 8.32. The highest BCUT2D eigenvalue weighted by Gasteiger charge is 2.33. The lowest BCUT2D eigenvalue weighted by Gasteiger charge is -2.31. The fourth-order valence-corrected chi connectivity index (χ4v) is 2.97. The van der Waals surface area contributed by atoms with Crippen LogP contribution in [0.2, 0.25) is 0 Å². The van der Waals surface area contributed by atoms with Crippen molar-refractivity contribution in [3.05, 3.63) is 58.4 Å². The molecule has 20 heavy (non-hydrogen) atoms. The summed E-state index contributed by atoms with van der Waals surface area (Å²) >= 11 is 0. The Labute approximate surface area is 117 Å². The highest BCUT2D eigenvalue weighted by molar-refractivity contribution is 5.49. The molecule has 0 saturated heterocycles. The number of halogens is 1. The zero-order valence-corrected chi connectivity index (χ0v) is 11.0. The number of nitrogens with two attached hydrogens (primary N) is 1. The largest absolute Gasteiger partial charge is 0.445 e. The van der Waals surface area contributed by atoms with Crippen LogP contribution in [-0.2, 0) is 4.74 Å². The maximum atomic E-state index is 13.1. The first kappa shape index (κ1) is 12.7. The van der Waals surface area contributed by atoms with E-state index in [1.54, 1.807) is 12.1 Å². The third kappa shape index (κ3) is 2.05. The van der Waals surface area contributed by atoms with Crippen LogP contribution in [0.5, 0.6) is 0 Å². The Hall–Kier alpha value is -2.28. The van der Waals surface area contributed by atoms with Gasteiger partial charge in [0.05, 0.1) is 0 Å². The quantitative estimate of drug-likeness (QED) is 0.850. The first-order valence-electron chi connectivity index (χ1n) is 6.75. The second kappa shape index (κ2) is 5.01. The lowest BCUT2D eigenvalue weighted by molar-refractivity contribution is 0.251. The second-order valence-electron chi connectivity index (χ2n) is 5.13. The molecular formula is C16H15FN2O. The lowest BCUT2D eigenvalue weighted by Crippen LogP contribution is -2.22. The molecule has 102 valence electrons. The zero-order valence-electron chi connectivity index (χ0n) is 11.0. The SMILES string of the molecule is N#CC1=C(N)OC2=C(CCCC2)[C@@H]1c1ccc(F)cc1. The third-order valence-corrected chi connectivity index (χ3v) is 3.92. The first-order chi connectivity index (χ1) is 9.70. The van der Waals surface area contributed by atoms with Gasteiger partial charge in [-0.15, -0.1) is 0 Å². The number of nitrogens with zero attached hydrogens (tertiary/aromatic N) is 1. The highest BCUT2D eigenvalue weighted by Crippen LogP contribution is 2.44. The minimum Gasteiger partial charge on any atom is -0.445 e. The average Bonchev–Trinajstić information content (AvgIpc) is 2.47. The van der Waals surface area contributed by atoms with Gasteiger partial charge >= 0.3 is 0 Å². The summed E-state index contributed by atoms with van der Waals surface area (Å²) in [5, 5.41) is 9.37. The normalized spacial score (nSPS) is 22.1. The van der Waals surface area contributed by atoms with E-state index in [9.17, 15) is 9.65 Å². The fourth-order valence-electron chi connectivity index (χ4n) is 2.97. The Morgan fingerprint density at radius 2 is 1.90 bits per heavy atom. The molecule has 4 heteroatoms. The molecule has 1 heterocycles. The van der Waals surface area contributed by atoms with Crippen LogP contribution in [0.4, 0.5) is 4.39 Å². The van der Waals surface area contributed by atoms with Gasteiger partial charge < -0.3 is 10.5 Å². The van der Waals surface area contributed by atoms with Crippen LogP contribution in [0.3, 0.4) is 0 Å². The van der Waals surface area contributed by atoms with Gasteiger partial charge in [0.25, 0.3) is 0 Å². The minimum atomic E-state index is -0.283. The Morgan fingerprint density at radius 1 is 1.20 bits per heavy atom. The molecule has 0 aromatic heterocycles. The Balaban J connectivity index is 2.11. The monoisotopic (exact) mass is 270 g/mol. The van der Waals surface area contributed by atoms with Gasteiger partial charge in [-0.3, -0.25) is 0 Å². The van der Waals surface area contributed by atoms with Gasteiger partial charge in [0, 0.05) is 12.3 Å². The Morgan fingerprint density at radius 3 is 2.60 bits per heavy atom. The van der Waals surface area contributed by atoms with E-state index >= 15 is 0 Å². The van der Waals surface area contributed by atoms with Crippen LogP contribution in [-0.4, -0.2) is 0 Å². The molecule has 0 amide bonds. The van der Waals surface area contributed by atoms with E-state index in [1.165, 1.54) is 12.1 Å². The van der Waals surface area contributed by atoms with Crippen LogP contribution in [0, 0.1) is 17.1 Å². The van der Waals surface area contributed by atoms with E-state index in [1.807, 2.05) is 0 Å². The van der Waals surface area contributed by atoms with Gasteiger partial charge in [-0.05, 0) is 42.5 Å². The summed E-state index contributed by atoms with van der Waals surface area (Å²) in [6.45, 7) is 0. The lowest BCUT2D eigenvalue weighted by atomic mass is 9.78. The molecule has 1 aromatic rings. The third-order valence-electron chi connectivity index (χ3n) is 3.92. The molecule has 3 nitrogen and oxygen atoms in total. The van der Waals surface area contributed by atoms with Crippen molar-refractivity contribution >= 4 is 0 Å². The first-order valence-corrected chi connectivity index (χ1v) is 6.75. The summed E-state index contributed by atoms with van der Waals surface area (Å²) in [7, 11) is 0. The van der Waals surface area contributed by atoms with E-state index in [0.717, 1.165) is 42.6 Å². The van der Waals surface area contributed by atoms with Crippen LogP contribution >= 0.6 is 0 Å². The van der Waals surface area contributed by atoms with Crippen LogP contribution in [0.1, 0.15) is 37.2 Å². The molecule has 1 aliphatic carbocycles. The number of nitriles is 1. The summed E-state index contributed by atoms with van der Waals surface area (Å²) < 4.78 is 18.7. The van der Waals surface area contributed by atoms with Gasteiger partial charge in [-0.25, -0.2) is 4.39 Å². The number of hydrogen-bond acceptors (Lipinski definition) is 3. The molecule has 0 fully saturated rings. The molecule has 0 bridgehead atoms. The number of allylic oxidation sites excluding steroid dienone is 3. The Bertz CT molecular complexity index is 637. The van der Waals surface area contributed by atoms with Gasteiger partial charge in [-0.1, -0.05) is 12.1 Å². The summed E-state index contributed by atoms with van der Waals surface area (Å²) in [6.07, 6.45) is 3.91. The number of hydrogen-bond donors (Lipinski definition) is 1. The van der Waals surface area contributed by atoms with E-state index in [0.29, 0.717) is 5.57 Å². The van der Waals surface area contributed by atoms with E-state index in [4.69, 9.17) is 10.5 Å². The minimum absolute atomic E-state index is 0.183. The summed E-state index contributed by atoms with van der Waals surface area (Å²) in [4.78, 5) is 0. The number of ether oxygens (including phenoxy) is 1. The molecule has 0 spiro atoms. The van der Waals surface area contributed by atoms with E-state index in [2.05, 4.69) is 6.07 Å². The van der Waals surface area contributed by atoms with E-state index < -0.39 is 0 Å². The molecule has 2 aliphatic rings. The van der Waals surface area contributed by atoms with Crippen LogP contribution in [0.15, 0.2) is 47.1 Å². The maximum absolute atomic E-state index is 13.1. The average molecular weight is 270 g/mol. The van der Waals surface area contributed by atoms with Crippen molar-refractivity contribution in [3.8, 4) is 6.07 Å². The van der Waals surface area contributed by atoms with Gasteiger partial charge in [0.15, 0.2) is 0 Å². The van der Waals surface area contributed by atoms with Crippen molar-refractivity contribution in [3.63, 3.8) is 0 Å². The zero-order chi connectivity index (χ0) is 14.1. The number of rotatable bonds is 1. The molecule has 1 aromatic carbocycles. The molecule has 0 radical (unpaired) electrons. The molecular weight excluding hydrogens is 255 g/mol. The van der Waals surface area contributed by atoms with Crippen LogP contribution < -0.4 is 5.73 Å². The molecule has 2 N–H and O–H groups in total.